The Morgan fingerprint density at radius 3 is 2.40 bits per heavy atom. The Bertz CT molecular complexity index is 1970. The van der Waals surface area contributed by atoms with Crippen molar-refractivity contribution in [3.8, 4) is 11.1 Å². The zero-order valence-corrected chi connectivity index (χ0v) is 28.3. The van der Waals surface area contributed by atoms with Crippen LogP contribution in [0.2, 0.25) is 0 Å². The van der Waals surface area contributed by atoms with Crippen LogP contribution in [-0.2, 0) is 16.8 Å². The van der Waals surface area contributed by atoms with Crippen LogP contribution in [0.4, 0.5) is 26.0 Å². The topological polar surface area (TPSA) is 115 Å². The molecule has 0 aliphatic carbocycles. The number of hydrogen-bond acceptors (Lipinski definition) is 7. The third-order valence-electron chi connectivity index (χ3n) is 9.55. The summed E-state index contributed by atoms with van der Waals surface area (Å²) in [6.45, 7) is 8.38. The largest absolute Gasteiger partial charge is 0.386 e. The van der Waals surface area contributed by atoms with Crippen LogP contribution in [0.1, 0.15) is 53.7 Å². The Balaban J connectivity index is 1.24. The summed E-state index contributed by atoms with van der Waals surface area (Å²) in [5, 5.41) is 28.8. The molecule has 11 heteroatoms. The van der Waals surface area contributed by atoms with Gasteiger partial charge in [0.25, 0.3) is 5.91 Å². The number of rotatable bonds is 9. The molecule has 0 atom stereocenters. The number of hydrogen-bond donors (Lipinski definition) is 5. The third kappa shape index (κ3) is 7.50. The van der Waals surface area contributed by atoms with E-state index in [1.807, 2.05) is 48.5 Å². The van der Waals surface area contributed by atoms with Crippen molar-refractivity contribution >= 4 is 34.0 Å². The number of carbonyl (C=O) groups is 1. The molecule has 0 spiro atoms. The minimum Gasteiger partial charge on any atom is -0.386 e. The number of amides is 1. The molecule has 260 valence electrons. The molecule has 4 aromatic carbocycles. The average Bonchev–Trinajstić information content (AvgIpc) is 3.49. The lowest BCUT2D eigenvalue weighted by atomic mass is 9.91. The quantitative estimate of drug-likeness (QED) is 0.120. The number of aliphatic hydroxyl groups is 1. The molecule has 1 aromatic heterocycles. The summed E-state index contributed by atoms with van der Waals surface area (Å²) in [5.74, 6) is -1.26. The molecule has 3 heterocycles. The van der Waals surface area contributed by atoms with Gasteiger partial charge < -0.3 is 30.7 Å². The molecule has 5 N–H and O–H groups in total. The number of H-pyrrole nitrogens is 1. The number of piperazine rings is 1. The van der Waals surface area contributed by atoms with E-state index in [1.54, 1.807) is 13.8 Å². The number of fused-ring (bicyclic) bond motifs is 1. The van der Waals surface area contributed by atoms with Crippen LogP contribution in [0.5, 0.6) is 0 Å². The summed E-state index contributed by atoms with van der Waals surface area (Å²) in [6.07, 6.45) is 1.94. The SMILES string of the molecule is CC(C)(O)c1ccc(-c2cc3[nH]nc(NC(=O)c4ccc(N5CCNCC5)cc4NC4CCOCC4)c3cc2Cc2cc(F)cc(F)c2)cc1. The zero-order valence-electron chi connectivity index (χ0n) is 28.3. The number of ether oxygens (including phenoxy) is 1. The first kappa shape index (κ1) is 33.6. The number of nitrogens with one attached hydrogen (secondary N) is 4. The highest BCUT2D eigenvalue weighted by molar-refractivity contribution is 6.11. The van der Waals surface area contributed by atoms with Crippen molar-refractivity contribution in [3.05, 3.63) is 107 Å². The van der Waals surface area contributed by atoms with Crippen molar-refractivity contribution in [2.24, 2.45) is 0 Å². The maximum atomic E-state index is 14.3. The molecule has 0 unspecified atom stereocenters. The van der Waals surface area contributed by atoms with Crippen molar-refractivity contribution in [2.75, 3.05) is 54.9 Å². The van der Waals surface area contributed by atoms with Gasteiger partial charge in [0.2, 0.25) is 0 Å². The zero-order chi connectivity index (χ0) is 34.8. The molecule has 2 saturated heterocycles. The van der Waals surface area contributed by atoms with E-state index < -0.39 is 17.2 Å². The minimum atomic E-state index is -1.01. The van der Waals surface area contributed by atoms with Crippen molar-refractivity contribution in [1.29, 1.82) is 0 Å². The third-order valence-corrected chi connectivity index (χ3v) is 9.55. The first-order chi connectivity index (χ1) is 24.1. The number of halogens is 2. The van der Waals surface area contributed by atoms with Gasteiger partial charge in [0.1, 0.15) is 11.6 Å². The summed E-state index contributed by atoms with van der Waals surface area (Å²) in [5.41, 5.74) is 5.71. The number of aromatic amines is 1. The maximum absolute atomic E-state index is 14.3. The Morgan fingerprint density at radius 2 is 1.70 bits per heavy atom. The van der Waals surface area contributed by atoms with Crippen molar-refractivity contribution in [1.82, 2.24) is 15.5 Å². The molecule has 7 rings (SSSR count). The highest BCUT2D eigenvalue weighted by Crippen LogP contribution is 2.35. The molecule has 5 aromatic rings. The van der Waals surface area contributed by atoms with Crippen LogP contribution in [-0.4, -0.2) is 66.6 Å². The van der Waals surface area contributed by atoms with Crippen LogP contribution in [0.3, 0.4) is 0 Å². The number of benzene rings is 4. The normalized spacial score (nSPS) is 15.7. The van der Waals surface area contributed by atoms with Crippen LogP contribution < -0.4 is 20.9 Å². The molecule has 2 aliphatic heterocycles. The van der Waals surface area contributed by atoms with E-state index >= 15 is 0 Å². The number of aromatic nitrogens is 2. The average molecular weight is 681 g/mol. The molecule has 0 bridgehead atoms. The van der Waals surface area contributed by atoms with E-state index in [9.17, 15) is 18.7 Å². The highest BCUT2D eigenvalue weighted by Gasteiger charge is 2.23. The molecule has 2 fully saturated rings. The van der Waals surface area contributed by atoms with Gasteiger partial charge in [-0.2, -0.15) is 5.10 Å². The van der Waals surface area contributed by atoms with Crippen molar-refractivity contribution < 1.29 is 23.4 Å². The summed E-state index contributed by atoms with van der Waals surface area (Å²) in [4.78, 5) is 16.3. The van der Waals surface area contributed by atoms with Gasteiger partial charge in [0, 0.05) is 68.3 Å². The van der Waals surface area contributed by atoms with Crippen LogP contribution in [0.15, 0.2) is 72.8 Å². The standard InChI is InChI=1S/C39H42F2N6O3/c1-39(2,49)27-5-3-25(4-6-27)33-23-36-34(20-26(33)17-24-18-28(40)21-29(41)19-24)37(46-45-36)44-38(48)32-8-7-31(47-13-11-42-12-14-47)22-35(32)43-30-9-15-50-16-10-30/h3-8,18-23,30,42-43,49H,9-17H2,1-2H3,(H2,44,45,46,48). The predicted octanol–water partition coefficient (Wildman–Crippen LogP) is 6.58. The first-order valence-electron chi connectivity index (χ1n) is 17.2. The van der Waals surface area contributed by atoms with Gasteiger partial charge >= 0.3 is 0 Å². The van der Waals surface area contributed by atoms with Gasteiger partial charge in [0.15, 0.2) is 5.82 Å². The van der Waals surface area contributed by atoms with E-state index in [4.69, 9.17) is 4.74 Å². The summed E-state index contributed by atoms with van der Waals surface area (Å²) < 4.78 is 34.1. The molecular formula is C39H42F2N6O3. The molecule has 1 amide bonds. The lowest BCUT2D eigenvalue weighted by Crippen LogP contribution is -2.43. The lowest BCUT2D eigenvalue weighted by Gasteiger charge is -2.31. The first-order valence-corrected chi connectivity index (χ1v) is 17.2. The van der Waals surface area contributed by atoms with Gasteiger partial charge in [-0.05, 0) is 103 Å². The van der Waals surface area contributed by atoms with Crippen molar-refractivity contribution in [3.63, 3.8) is 0 Å². The maximum Gasteiger partial charge on any atom is 0.258 e. The van der Waals surface area contributed by atoms with Gasteiger partial charge in [-0.15, -0.1) is 0 Å². The van der Waals surface area contributed by atoms with Gasteiger partial charge in [-0.3, -0.25) is 9.89 Å². The molecule has 0 radical (unpaired) electrons. The molecule has 50 heavy (non-hydrogen) atoms. The van der Waals surface area contributed by atoms with Crippen LogP contribution in [0.25, 0.3) is 22.0 Å². The van der Waals surface area contributed by atoms with Crippen LogP contribution in [0, 0.1) is 11.6 Å². The number of nitrogens with zero attached hydrogens (tertiary/aromatic N) is 2. The summed E-state index contributed by atoms with van der Waals surface area (Å²) in [7, 11) is 0. The smallest absolute Gasteiger partial charge is 0.258 e. The molecule has 9 nitrogen and oxygen atoms in total. The second-order valence-corrected chi connectivity index (χ2v) is 13.7. The fraction of sp³-hybridized carbons (Fsp3) is 0.333. The van der Waals surface area contributed by atoms with E-state index in [0.717, 1.165) is 78.7 Å². The minimum absolute atomic E-state index is 0.186. The number of carbonyl (C=O) groups excluding carboxylic acids is 1. The van der Waals surface area contributed by atoms with E-state index in [0.29, 0.717) is 41.1 Å². The fourth-order valence-corrected chi connectivity index (χ4v) is 6.82. The Hall–Kier alpha value is -4.84. The fourth-order valence-electron chi connectivity index (χ4n) is 6.82. The van der Waals surface area contributed by atoms with Gasteiger partial charge in [-0.1, -0.05) is 24.3 Å². The summed E-state index contributed by atoms with van der Waals surface area (Å²) in [6, 6.07) is 21.0. The van der Waals surface area contributed by atoms with E-state index in [-0.39, 0.29) is 18.4 Å². The molecule has 0 saturated carbocycles. The lowest BCUT2D eigenvalue weighted by molar-refractivity contribution is 0.0786. The Morgan fingerprint density at radius 1 is 0.980 bits per heavy atom. The molecular weight excluding hydrogens is 638 g/mol. The van der Waals surface area contributed by atoms with Crippen molar-refractivity contribution in [2.45, 2.75) is 44.8 Å². The monoisotopic (exact) mass is 680 g/mol. The second-order valence-electron chi connectivity index (χ2n) is 13.7. The van der Waals surface area contributed by atoms with E-state index in [2.05, 4.69) is 37.1 Å². The number of anilines is 3. The van der Waals surface area contributed by atoms with Gasteiger partial charge in [0.05, 0.1) is 16.7 Å². The molecule has 2 aliphatic rings. The second kappa shape index (κ2) is 14.2. The Kier molecular flexibility index (Phi) is 9.54. The highest BCUT2D eigenvalue weighted by atomic mass is 19.1. The van der Waals surface area contributed by atoms with E-state index in [1.165, 1.54) is 12.1 Å². The summed E-state index contributed by atoms with van der Waals surface area (Å²) >= 11 is 0. The van der Waals surface area contributed by atoms with Gasteiger partial charge in [-0.25, -0.2) is 8.78 Å². The Labute approximate surface area is 290 Å². The predicted molar refractivity (Wildman–Crippen MR) is 193 cm³/mol. The van der Waals surface area contributed by atoms with Crippen LogP contribution >= 0.6 is 0 Å².